The van der Waals surface area contributed by atoms with Gasteiger partial charge in [0.05, 0.1) is 6.61 Å². The quantitative estimate of drug-likeness (QED) is 0.747. The lowest BCUT2D eigenvalue weighted by molar-refractivity contribution is 0.123. The Kier molecular flexibility index (Phi) is 6.33. The Morgan fingerprint density at radius 3 is 2.62 bits per heavy atom. The van der Waals surface area contributed by atoms with Crippen molar-refractivity contribution in [2.45, 2.75) is 33.2 Å². The third kappa shape index (κ3) is 5.21. The predicted molar refractivity (Wildman–Crippen MR) is 84.1 cm³/mol. The Bertz CT molecular complexity index is 434. The minimum atomic E-state index is 0.273. The minimum Gasteiger partial charge on any atom is -0.486 e. The molecule has 1 unspecified atom stereocenters. The van der Waals surface area contributed by atoms with Gasteiger partial charge in [0.25, 0.3) is 0 Å². The first-order chi connectivity index (χ1) is 10.2. The van der Waals surface area contributed by atoms with Gasteiger partial charge in [0.15, 0.2) is 11.5 Å². The van der Waals surface area contributed by atoms with E-state index in [9.17, 15) is 0 Å². The second-order valence-corrected chi connectivity index (χ2v) is 5.87. The van der Waals surface area contributed by atoms with Gasteiger partial charge in [-0.15, -0.1) is 0 Å². The summed E-state index contributed by atoms with van der Waals surface area (Å²) < 4.78 is 16.8. The van der Waals surface area contributed by atoms with Crippen LogP contribution in [0.15, 0.2) is 18.2 Å². The molecule has 21 heavy (non-hydrogen) atoms. The van der Waals surface area contributed by atoms with E-state index in [0.717, 1.165) is 37.7 Å². The number of fused-ring (bicyclic) bond motifs is 1. The van der Waals surface area contributed by atoms with Crippen molar-refractivity contribution in [2.75, 3.05) is 33.0 Å². The summed E-state index contributed by atoms with van der Waals surface area (Å²) in [6.45, 7) is 10.3. The highest BCUT2D eigenvalue weighted by molar-refractivity contribution is 5.44. The van der Waals surface area contributed by atoms with E-state index in [1.165, 1.54) is 5.56 Å². The first kappa shape index (κ1) is 16.1. The van der Waals surface area contributed by atoms with Crippen LogP contribution >= 0.6 is 0 Å². The van der Waals surface area contributed by atoms with Crippen LogP contribution in [0.5, 0.6) is 11.5 Å². The SMILES string of the molecule is CC(C)CCOCCNC(C)c1ccc2c(c1)OCCO2. The van der Waals surface area contributed by atoms with E-state index in [1.54, 1.807) is 0 Å². The van der Waals surface area contributed by atoms with Gasteiger partial charge in [-0.3, -0.25) is 0 Å². The van der Waals surface area contributed by atoms with Gasteiger partial charge in [-0.25, -0.2) is 0 Å². The number of hydrogen-bond donors (Lipinski definition) is 1. The van der Waals surface area contributed by atoms with Gasteiger partial charge < -0.3 is 19.5 Å². The van der Waals surface area contributed by atoms with Crippen molar-refractivity contribution in [3.8, 4) is 11.5 Å². The molecular formula is C17H27NO3. The fourth-order valence-corrected chi connectivity index (χ4v) is 2.22. The van der Waals surface area contributed by atoms with Crippen LogP contribution in [0.3, 0.4) is 0 Å². The largest absolute Gasteiger partial charge is 0.486 e. The van der Waals surface area contributed by atoms with E-state index >= 15 is 0 Å². The molecule has 1 N–H and O–H groups in total. The van der Waals surface area contributed by atoms with Gasteiger partial charge in [0.2, 0.25) is 0 Å². The van der Waals surface area contributed by atoms with Crippen molar-refractivity contribution < 1.29 is 14.2 Å². The Balaban J connectivity index is 1.72. The molecule has 0 radical (unpaired) electrons. The van der Waals surface area contributed by atoms with Crippen molar-refractivity contribution in [2.24, 2.45) is 5.92 Å². The van der Waals surface area contributed by atoms with Crippen molar-refractivity contribution in [3.63, 3.8) is 0 Å². The number of ether oxygens (including phenoxy) is 3. The Morgan fingerprint density at radius 1 is 1.10 bits per heavy atom. The number of nitrogens with one attached hydrogen (secondary N) is 1. The Labute approximate surface area is 127 Å². The van der Waals surface area contributed by atoms with E-state index in [2.05, 4.69) is 38.2 Å². The molecule has 0 saturated carbocycles. The summed E-state index contributed by atoms with van der Waals surface area (Å²) in [4.78, 5) is 0. The molecule has 1 aliphatic rings. The van der Waals surface area contributed by atoms with Crippen molar-refractivity contribution >= 4 is 0 Å². The fraction of sp³-hybridized carbons (Fsp3) is 0.647. The van der Waals surface area contributed by atoms with Crippen LogP contribution < -0.4 is 14.8 Å². The summed E-state index contributed by atoms with van der Waals surface area (Å²) in [7, 11) is 0. The van der Waals surface area contributed by atoms with Gasteiger partial charge >= 0.3 is 0 Å². The molecule has 1 aromatic carbocycles. The summed E-state index contributed by atoms with van der Waals surface area (Å²) in [5.74, 6) is 2.39. The van der Waals surface area contributed by atoms with Crippen LogP contribution in [-0.4, -0.2) is 33.0 Å². The summed E-state index contributed by atoms with van der Waals surface area (Å²) >= 11 is 0. The van der Waals surface area contributed by atoms with Crippen LogP contribution in [0.4, 0.5) is 0 Å². The maximum absolute atomic E-state index is 5.62. The van der Waals surface area contributed by atoms with Crippen LogP contribution in [0.25, 0.3) is 0 Å². The van der Waals surface area contributed by atoms with E-state index in [0.29, 0.717) is 19.1 Å². The molecule has 0 spiro atoms. The van der Waals surface area contributed by atoms with Crippen molar-refractivity contribution in [1.82, 2.24) is 5.32 Å². The van der Waals surface area contributed by atoms with Gasteiger partial charge in [-0.2, -0.15) is 0 Å². The molecule has 0 saturated heterocycles. The predicted octanol–water partition coefficient (Wildman–Crippen LogP) is 3.17. The normalized spacial score (nSPS) is 15.2. The fourth-order valence-electron chi connectivity index (χ4n) is 2.22. The maximum Gasteiger partial charge on any atom is 0.161 e. The molecule has 1 heterocycles. The molecule has 1 aliphatic heterocycles. The Morgan fingerprint density at radius 2 is 1.86 bits per heavy atom. The molecule has 1 atom stereocenters. The smallest absolute Gasteiger partial charge is 0.161 e. The van der Waals surface area contributed by atoms with Crippen LogP contribution in [0, 0.1) is 5.92 Å². The molecule has 4 heteroatoms. The highest BCUT2D eigenvalue weighted by Gasteiger charge is 2.14. The number of rotatable bonds is 8. The van der Waals surface area contributed by atoms with Crippen molar-refractivity contribution in [1.29, 1.82) is 0 Å². The summed E-state index contributed by atoms with van der Waals surface area (Å²) in [6.07, 6.45) is 1.12. The van der Waals surface area contributed by atoms with Gasteiger partial charge in [0, 0.05) is 19.2 Å². The van der Waals surface area contributed by atoms with Crippen LogP contribution in [0.2, 0.25) is 0 Å². The monoisotopic (exact) mass is 293 g/mol. The Hall–Kier alpha value is -1.26. The van der Waals surface area contributed by atoms with E-state index < -0.39 is 0 Å². The van der Waals surface area contributed by atoms with Gasteiger partial charge in [-0.1, -0.05) is 19.9 Å². The number of hydrogen-bond acceptors (Lipinski definition) is 4. The lowest BCUT2D eigenvalue weighted by Crippen LogP contribution is -2.24. The van der Waals surface area contributed by atoms with E-state index in [-0.39, 0.29) is 6.04 Å². The lowest BCUT2D eigenvalue weighted by atomic mass is 10.1. The van der Waals surface area contributed by atoms with Crippen molar-refractivity contribution in [3.05, 3.63) is 23.8 Å². The standard InChI is InChI=1S/C17H27NO3/c1-13(2)6-8-19-9-7-18-14(3)15-4-5-16-17(12-15)21-11-10-20-16/h4-5,12-14,18H,6-11H2,1-3H3. The van der Waals surface area contributed by atoms with E-state index in [4.69, 9.17) is 14.2 Å². The molecule has 118 valence electrons. The third-order valence-corrected chi connectivity index (χ3v) is 3.60. The molecule has 0 bridgehead atoms. The molecular weight excluding hydrogens is 266 g/mol. The molecule has 0 amide bonds. The molecule has 0 aliphatic carbocycles. The lowest BCUT2D eigenvalue weighted by Gasteiger charge is -2.21. The van der Waals surface area contributed by atoms with E-state index in [1.807, 2.05) is 6.07 Å². The highest BCUT2D eigenvalue weighted by Crippen LogP contribution is 2.32. The zero-order valence-electron chi connectivity index (χ0n) is 13.4. The summed E-state index contributed by atoms with van der Waals surface area (Å²) in [5, 5.41) is 3.47. The average molecular weight is 293 g/mol. The maximum atomic E-state index is 5.62. The van der Waals surface area contributed by atoms with Crippen LogP contribution in [0.1, 0.15) is 38.8 Å². The second-order valence-electron chi connectivity index (χ2n) is 5.87. The zero-order valence-corrected chi connectivity index (χ0v) is 13.4. The first-order valence-corrected chi connectivity index (χ1v) is 7.87. The number of benzene rings is 1. The van der Waals surface area contributed by atoms with Gasteiger partial charge in [0.1, 0.15) is 13.2 Å². The second kappa shape index (κ2) is 8.25. The molecule has 4 nitrogen and oxygen atoms in total. The highest BCUT2D eigenvalue weighted by atomic mass is 16.6. The topological polar surface area (TPSA) is 39.7 Å². The van der Waals surface area contributed by atoms with Crippen LogP contribution in [-0.2, 0) is 4.74 Å². The molecule has 2 rings (SSSR count). The third-order valence-electron chi connectivity index (χ3n) is 3.60. The van der Waals surface area contributed by atoms with Gasteiger partial charge in [-0.05, 0) is 37.0 Å². The first-order valence-electron chi connectivity index (χ1n) is 7.87. The average Bonchev–Trinajstić information content (AvgIpc) is 2.49. The minimum absolute atomic E-state index is 0.273. The molecule has 0 fully saturated rings. The molecule has 0 aromatic heterocycles. The molecule has 1 aromatic rings. The zero-order chi connectivity index (χ0) is 15.1. The summed E-state index contributed by atoms with van der Waals surface area (Å²) in [6, 6.07) is 6.41. The summed E-state index contributed by atoms with van der Waals surface area (Å²) in [5.41, 5.74) is 1.21.